The number of nitrogens with zero attached hydrogens (tertiary/aromatic N) is 1. The first-order chi connectivity index (χ1) is 12.4. The number of halogens is 4. The van der Waals surface area contributed by atoms with Gasteiger partial charge in [0.1, 0.15) is 0 Å². The monoisotopic (exact) mass is 399 g/mol. The van der Waals surface area contributed by atoms with Crippen molar-refractivity contribution in [3.05, 3.63) is 0 Å². The molecule has 1 heterocycles. The summed E-state index contributed by atoms with van der Waals surface area (Å²) in [5.41, 5.74) is 0. The Morgan fingerprint density at radius 1 is 0.889 bits per heavy atom. The van der Waals surface area contributed by atoms with Crippen LogP contribution in [-0.4, -0.2) is 58.5 Å². The van der Waals surface area contributed by atoms with Crippen LogP contribution < -0.4 is 0 Å². The molecule has 0 bridgehead atoms. The fourth-order valence-electron chi connectivity index (χ4n) is 3.54. The Morgan fingerprint density at radius 2 is 1.37 bits per heavy atom. The number of hydrogen-bond acceptors (Lipinski definition) is 3. The second kappa shape index (κ2) is 10.2. The van der Waals surface area contributed by atoms with E-state index in [1.807, 2.05) is 0 Å². The zero-order chi connectivity index (χ0) is 20.7. The van der Waals surface area contributed by atoms with Crippen molar-refractivity contribution in [2.75, 3.05) is 13.6 Å². The van der Waals surface area contributed by atoms with Gasteiger partial charge in [-0.2, -0.15) is 0 Å². The number of carboxylic acid groups (broad SMARTS) is 2. The Balaban J connectivity index is 0.000000271. The van der Waals surface area contributed by atoms with Gasteiger partial charge in [-0.3, -0.25) is 14.5 Å². The lowest BCUT2D eigenvalue weighted by Gasteiger charge is -2.36. The second-order valence-corrected chi connectivity index (χ2v) is 7.63. The molecule has 0 aromatic heterocycles. The van der Waals surface area contributed by atoms with Crippen LogP contribution in [0.5, 0.6) is 0 Å². The normalized spacial score (nSPS) is 25.3. The maximum Gasteiger partial charge on any atom is 0.303 e. The van der Waals surface area contributed by atoms with Crippen molar-refractivity contribution in [3.63, 3.8) is 0 Å². The minimum Gasteiger partial charge on any atom is -0.481 e. The summed E-state index contributed by atoms with van der Waals surface area (Å²) >= 11 is 0. The summed E-state index contributed by atoms with van der Waals surface area (Å²) in [7, 11) is 1.62. The van der Waals surface area contributed by atoms with Gasteiger partial charge in [-0.25, -0.2) is 17.6 Å². The maximum atomic E-state index is 12.9. The number of carbonyl (C=O) groups is 2. The van der Waals surface area contributed by atoms with E-state index in [4.69, 9.17) is 10.2 Å². The average Bonchev–Trinajstić information content (AvgIpc) is 2.52. The lowest BCUT2D eigenvalue weighted by Crippen LogP contribution is -2.46. The number of hydrogen-bond donors (Lipinski definition) is 2. The van der Waals surface area contributed by atoms with Crippen LogP contribution in [0.15, 0.2) is 0 Å². The lowest BCUT2D eigenvalue weighted by molar-refractivity contribution is -0.138. The largest absolute Gasteiger partial charge is 0.481 e. The fourth-order valence-corrected chi connectivity index (χ4v) is 3.54. The first kappa shape index (κ1) is 23.7. The van der Waals surface area contributed by atoms with Gasteiger partial charge in [0.05, 0.1) is 6.54 Å². The minimum atomic E-state index is -2.60. The SMILES string of the molecule is CN1CC(F)(F)CCC1CCC(=O)O.O=C(O)CCC1CCC(F)(F)CC1. The molecule has 1 aliphatic heterocycles. The van der Waals surface area contributed by atoms with Crippen LogP contribution in [-0.2, 0) is 9.59 Å². The molecule has 0 spiro atoms. The van der Waals surface area contributed by atoms with Gasteiger partial charge in [-0.05, 0) is 45.1 Å². The van der Waals surface area contributed by atoms with Gasteiger partial charge >= 0.3 is 11.9 Å². The first-order valence-electron chi connectivity index (χ1n) is 9.30. The summed E-state index contributed by atoms with van der Waals surface area (Å²) in [6.45, 7) is -0.253. The summed E-state index contributed by atoms with van der Waals surface area (Å²) in [6.07, 6.45) is 2.23. The smallest absolute Gasteiger partial charge is 0.303 e. The topological polar surface area (TPSA) is 77.8 Å². The molecule has 9 heteroatoms. The second-order valence-electron chi connectivity index (χ2n) is 7.63. The van der Waals surface area contributed by atoms with Gasteiger partial charge in [0.2, 0.25) is 5.92 Å². The predicted octanol–water partition coefficient (Wildman–Crippen LogP) is 4.26. The van der Waals surface area contributed by atoms with E-state index in [9.17, 15) is 27.2 Å². The molecule has 0 aromatic carbocycles. The van der Waals surface area contributed by atoms with E-state index in [0.717, 1.165) is 0 Å². The molecule has 1 aliphatic carbocycles. The Morgan fingerprint density at radius 3 is 1.85 bits per heavy atom. The number of likely N-dealkylation sites (tertiary alicyclic amines) is 1. The third-order valence-corrected chi connectivity index (χ3v) is 5.24. The molecule has 1 saturated carbocycles. The zero-order valence-electron chi connectivity index (χ0n) is 15.6. The Labute approximate surface area is 156 Å². The van der Waals surface area contributed by atoms with Crippen molar-refractivity contribution in [1.82, 2.24) is 4.90 Å². The first-order valence-corrected chi connectivity index (χ1v) is 9.30. The molecular weight excluding hydrogens is 370 g/mol. The molecule has 2 fully saturated rings. The molecule has 1 unspecified atom stereocenters. The van der Waals surface area contributed by atoms with Gasteiger partial charge in [0, 0.05) is 38.1 Å². The molecule has 2 rings (SSSR count). The minimum absolute atomic E-state index is 0.00859. The van der Waals surface area contributed by atoms with Crippen molar-refractivity contribution >= 4 is 11.9 Å². The summed E-state index contributed by atoms with van der Waals surface area (Å²) in [5, 5.41) is 16.9. The van der Waals surface area contributed by atoms with E-state index >= 15 is 0 Å². The molecule has 5 nitrogen and oxygen atoms in total. The highest BCUT2D eigenvalue weighted by Crippen LogP contribution is 2.37. The highest BCUT2D eigenvalue weighted by Gasteiger charge is 2.38. The van der Waals surface area contributed by atoms with E-state index in [0.29, 0.717) is 32.1 Å². The number of carboxylic acids is 2. The molecule has 0 radical (unpaired) electrons. The Hall–Kier alpha value is -1.38. The molecule has 2 N–H and O–H groups in total. The zero-order valence-corrected chi connectivity index (χ0v) is 15.6. The summed E-state index contributed by atoms with van der Waals surface area (Å²) in [4.78, 5) is 22.1. The number of rotatable bonds is 6. The summed E-state index contributed by atoms with van der Waals surface area (Å²) < 4.78 is 51.1. The molecule has 0 amide bonds. The molecular formula is C18H29F4NO4. The van der Waals surface area contributed by atoms with Gasteiger partial charge in [-0.15, -0.1) is 0 Å². The molecule has 1 atom stereocenters. The van der Waals surface area contributed by atoms with E-state index in [-0.39, 0.29) is 50.6 Å². The van der Waals surface area contributed by atoms with E-state index in [1.165, 1.54) is 0 Å². The average molecular weight is 399 g/mol. The highest BCUT2D eigenvalue weighted by atomic mass is 19.3. The van der Waals surface area contributed by atoms with Crippen molar-refractivity contribution < 1.29 is 37.4 Å². The van der Waals surface area contributed by atoms with Crippen LogP contribution in [0.4, 0.5) is 17.6 Å². The van der Waals surface area contributed by atoms with Crippen LogP contribution in [0, 0.1) is 5.92 Å². The highest BCUT2D eigenvalue weighted by molar-refractivity contribution is 5.66. The van der Waals surface area contributed by atoms with Gasteiger partial charge in [0.15, 0.2) is 0 Å². The number of aliphatic carboxylic acids is 2. The van der Waals surface area contributed by atoms with Crippen LogP contribution in [0.3, 0.4) is 0 Å². The molecule has 2 aliphatic rings. The van der Waals surface area contributed by atoms with Crippen molar-refractivity contribution in [2.45, 2.75) is 82.1 Å². The van der Waals surface area contributed by atoms with E-state index in [2.05, 4.69) is 0 Å². The molecule has 0 aromatic rings. The summed E-state index contributed by atoms with van der Waals surface area (Å²) in [5.74, 6) is -6.61. The quantitative estimate of drug-likeness (QED) is 0.653. The van der Waals surface area contributed by atoms with Crippen LogP contribution in [0.25, 0.3) is 0 Å². The molecule has 158 valence electrons. The Kier molecular flexibility index (Phi) is 8.98. The van der Waals surface area contributed by atoms with E-state index in [1.54, 1.807) is 11.9 Å². The van der Waals surface area contributed by atoms with Gasteiger partial charge in [0.25, 0.3) is 5.92 Å². The third-order valence-electron chi connectivity index (χ3n) is 5.24. The van der Waals surface area contributed by atoms with Crippen LogP contribution >= 0.6 is 0 Å². The van der Waals surface area contributed by atoms with Crippen LogP contribution in [0.1, 0.15) is 64.2 Å². The molecule has 1 saturated heterocycles. The number of piperidine rings is 1. The van der Waals surface area contributed by atoms with E-state index < -0.39 is 23.8 Å². The standard InChI is InChI=1S/C9H15F2NO2.C9H14F2O2/c1-12-6-9(10,11)5-4-7(12)2-3-8(13)14;10-9(11)5-3-7(4-6-9)1-2-8(12)13/h7H,2-6H2,1H3,(H,13,14);7H,1-6H2,(H,12,13). The van der Waals surface area contributed by atoms with Crippen LogP contribution in [0.2, 0.25) is 0 Å². The number of alkyl halides is 4. The summed E-state index contributed by atoms with van der Waals surface area (Å²) in [6, 6.07) is -0.00859. The third kappa shape index (κ3) is 9.93. The van der Waals surface area contributed by atoms with Crippen molar-refractivity contribution in [1.29, 1.82) is 0 Å². The predicted molar refractivity (Wildman–Crippen MR) is 91.2 cm³/mol. The van der Waals surface area contributed by atoms with Crippen molar-refractivity contribution in [2.24, 2.45) is 5.92 Å². The Bertz CT molecular complexity index is 492. The van der Waals surface area contributed by atoms with Crippen molar-refractivity contribution in [3.8, 4) is 0 Å². The maximum absolute atomic E-state index is 12.9. The van der Waals surface area contributed by atoms with Gasteiger partial charge < -0.3 is 10.2 Å². The fraction of sp³-hybridized carbons (Fsp3) is 0.889. The lowest BCUT2D eigenvalue weighted by atomic mass is 9.84. The molecule has 27 heavy (non-hydrogen) atoms. The van der Waals surface area contributed by atoms with Gasteiger partial charge in [-0.1, -0.05) is 0 Å².